The fourth-order valence-electron chi connectivity index (χ4n) is 1.50. The van der Waals surface area contributed by atoms with Crippen molar-refractivity contribution in [2.24, 2.45) is 5.92 Å². The first-order chi connectivity index (χ1) is 8.52. The second-order valence-corrected chi connectivity index (χ2v) is 4.37. The van der Waals surface area contributed by atoms with E-state index in [0.29, 0.717) is 6.54 Å². The number of hydrogen-bond donors (Lipinski definition) is 2. The number of benzene rings is 1. The second kappa shape index (κ2) is 7.28. The third kappa shape index (κ3) is 4.98. The van der Waals surface area contributed by atoms with E-state index < -0.39 is 6.61 Å². The second-order valence-electron chi connectivity index (χ2n) is 4.37. The monoisotopic (exact) mass is 259 g/mol. The summed E-state index contributed by atoms with van der Waals surface area (Å²) in [5.41, 5.74) is 0.988. The lowest BCUT2D eigenvalue weighted by molar-refractivity contribution is -0.0498. The number of nitrogens with one attached hydrogen (secondary N) is 1. The molecular weight excluding hydrogens is 240 g/mol. The van der Waals surface area contributed by atoms with Gasteiger partial charge in [-0.3, -0.25) is 0 Å². The minimum Gasteiger partial charge on any atom is -0.435 e. The van der Waals surface area contributed by atoms with E-state index in [4.69, 9.17) is 5.11 Å². The molecular formula is C13H19F2NO2. The Morgan fingerprint density at radius 3 is 2.33 bits per heavy atom. The van der Waals surface area contributed by atoms with Crippen molar-refractivity contribution in [2.45, 2.75) is 26.5 Å². The van der Waals surface area contributed by atoms with Gasteiger partial charge in [0, 0.05) is 19.2 Å². The molecule has 0 radical (unpaired) electrons. The van der Waals surface area contributed by atoms with E-state index in [-0.39, 0.29) is 24.3 Å². The summed E-state index contributed by atoms with van der Waals surface area (Å²) >= 11 is 0. The molecule has 2 atom stereocenters. The van der Waals surface area contributed by atoms with Gasteiger partial charge in [-0.05, 0) is 30.5 Å². The molecule has 0 aliphatic heterocycles. The van der Waals surface area contributed by atoms with Crippen molar-refractivity contribution in [1.82, 2.24) is 5.32 Å². The molecule has 2 unspecified atom stereocenters. The smallest absolute Gasteiger partial charge is 0.387 e. The Kier molecular flexibility index (Phi) is 6.01. The Labute approximate surface area is 106 Å². The molecule has 102 valence electrons. The molecule has 1 aromatic rings. The Balaban J connectivity index is 2.50. The van der Waals surface area contributed by atoms with Crippen molar-refractivity contribution in [3.05, 3.63) is 29.8 Å². The number of ether oxygens (including phenoxy) is 1. The molecule has 18 heavy (non-hydrogen) atoms. The van der Waals surface area contributed by atoms with E-state index in [9.17, 15) is 8.78 Å². The van der Waals surface area contributed by atoms with Crippen LogP contribution in [0.4, 0.5) is 8.78 Å². The first-order valence-electron chi connectivity index (χ1n) is 5.92. The largest absolute Gasteiger partial charge is 0.435 e. The van der Waals surface area contributed by atoms with E-state index in [2.05, 4.69) is 10.1 Å². The number of halogens is 2. The van der Waals surface area contributed by atoms with Crippen LogP contribution in [-0.2, 0) is 0 Å². The highest BCUT2D eigenvalue weighted by Crippen LogP contribution is 2.19. The molecule has 2 N–H and O–H groups in total. The predicted molar refractivity (Wildman–Crippen MR) is 65.7 cm³/mol. The summed E-state index contributed by atoms with van der Waals surface area (Å²) in [4.78, 5) is 0. The lowest BCUT2D eigenvalue weighted by atomic mass is 10.1. The van der Waals surface area contributed by atoms with E-state index in [1.807, 2.05) is 13.8 Å². The van der Waals surface area contributed by atoms with Gasteiger partial charge in [-0.1, -0.05) is 19.1 Å². The van der Waals surface area contributed by atoms with Crippen LogP contribution in [0.15, 0.2) is 24.3 Å². The molecule has 0 aliphatic rings. The summed E-state index contributed by atoms with van der Waals surface area (Å²) in [5.74, 6) is 0.346. The van der Waals surface area contributed by atoms with Crippen LogP contribution < -0.4 is 10.1 Å². The van der Waals surface area contributed by atoms with Crippen LogP contribution in [0.3, 0.4) is 0 Å². The molecule has 0 saturated heterocycles. The summed E-state index contributed by atoms with van der Waals surface area (Å²) in [6.45, 7) is 1.97. The normalized spacial score (nSPS) is 14.6. The van der Waals surface area contributed by atoms with Crippen LogP contribution in [0.1, 0.15) is 25.5 Å². The van der Waals surface area contributed by atoms with Crippen molar-refractivity contribution in [3.8, 4) is 5.75 Å². The highest BCUT2D eigenvalue weighted by molar-refractivity contribution is 5.28. The Hall–Kier alpha value is -1.20. The van der Waals surface area contributed by atoms with Gasteiger partial charge in [0.05, 0.1) is 0 Å². The maximum absolute atomic E-state index is 12.0. The fourth-order valence-corrected chi connectivity index (χ4v) is 1.50. The van der Waals surface area contributed by atoms with E-state index in [1.165, 1.54) is 12.1 Å². The number of aliphatic hydroxyl groups excluding tert-OH is 1. The number of rotatable bonds is 7. The maximum atomic E-state index is 12.0. The van der Waals surface area contributed by atoms with Gasteiger partial charge in [0.25, 0.3) is 0 Å². The average Bonchev–Trinajstić information content (AvgIpc) is 2.35. The van der Waals surface area contributed by atoms with Gasteiger partial charge in [-0.15, -0.1) is 0 Å². The lowest BCUT2D eigenvalue weighted by Crippen LogP contribution is -2.26. The van der Waals surface area contributed by atoms with Crippen molar-refractivity contribution >= 4 is 0 Å². The molecule has 1 aromatic carbocycles. The Morgan fingerprint density at radius 1 is 1.22 bits per heavy atom. The summed E-state index contributed by atoms with van der Waals surface area (Å²) in [5, 5.41) is 12.2. The van der Waals surface area contributed by atoms with E-state index in [0.717, 1.165) is 5.56 Å². The first kappa shape index (κ1) is 14.9. The van der Waals surface area contributed by atoms with Crippen LogP contribution in [0.25, 0.3) is 0 Å². The van der Waals surface area contributed by atoms with Crippen LogP contribution >= 0.6 is 0 Å². The molecule has 0 heterocycles. The maximum Gasteiger partial charge on any atom is 0.387 e. The lowest BCUT2D eigenvalue weighted by Gasteiger charge is -2.17. The van der Waals surface area contributed by atoms with Gasteiger partial charge in [0.1, 0.15) is 5.75 Å². The highest BCUT2D eigenvalue weighted by Gasteiger charge is 2.08. The number of aliphatic hydroxyl groups is 1. The Morgan fingerprint density at radius 2 is 1.83 bits per heavy atom. The molecule has 0 amide bonds. The molecule has 0 bridgehead atoms. The van der Waals surface area contributed by atoms with E-state index >= 15 is 0 Å². The first-order valence-corrected chi connectivity index (χ1v) is 5.92. The summed E-state index contributed by atoms with van der Waals surface area (Å²) < 4.78 is 28.2. The molecule has 0 fully saturated rings. The van der Waals surface area contributed by atoms with Crippen molar-refractivity contribution in [3.63, 3.8) is 0 Å². The van der Waals surface area contributed by atoms with Crippen LogP contribution in [0.5, 0.6) is 5.75 Å². The average molecular weight is 259 g/mol. The van der Waals surface area contributed by atoms with E-state index in [1.54, 1.807) is 12.1 Å². The fraction of sp³-hybridized carbons (Fsp3) is 0.538. The molecule has 3 nitrogen and oxygen atoms in total. The molecule has 1 rings (SSSR count). The molecule has 5 heteroatoms. The number of alkyl halides is 2. The van der Waals surface area contributed by atoms with Gasteiger partial charge >= 0.3 is 6.61 Å². The zero-order valence-corrected chi connectivity index (χ0v) is 10.6. The zero-order valence-electron chi connectivity index (χ0n) is 10.6. The molecule has 0 aromatic heterocycles. The minimum absolute atomic E-state index is 0.0969. The van der Waals surface area contributed by atoms with Crippen LogP contribution in [-0.4, -0.2) is 24.9 Å². The third-order valence-corrected chi connectivity index (χ3v) is 2.69. The topological polar surface area (TPSA) is 41.5 Å². The van der Waals surface area contributed by atoms with Gasteiger partial charge in [0.15, 0.2) is 0 Å². The summed E-state index contributed by atoms with van der Waals surface area (Å²) in [6, 6.07) is 6.64. The third-order valence-electron chi connectivity index (χ3n) is 2.69. The van der Waals surface area contributed by atoms with Crippen LogP contribution in [0, 0.1) is 5.92 Å². The standard InChI is InChI=1S/C13H19F2NO2/c1-9(8-17)7-16-10(2)11-3-5-12(6-4-11)18-13(14)15/h3-6,9-10,13,16-17H,7-8H2,1-2H3. The van der Waals surface area contributed by atoms with Gasteiger partial charge in [-0.25, -0.2) is 0 Å². The minimum atomic E-state index is -2.79. The van der Waals surface area contributed by atoms with Gasteiger partial charge < -0.3 is 15.2 Å². The van der Waals surface area contributed by atoms with Gasteiger partial charge in [-0.2, -0.15) is 8.78 Å². The summed E-state index contributed by atoms with van der Waals surface area (Å²) in [7, 11) is 0. The SMILES string of the molecule is CC(CO)CNC(C)c1ccc(OC(F)F)cc1. The van der Waals surface area contributed by atoms with Gasteiger partial charge in [0.2, 0.25) is 0 Å². The van der Waals surface area contributed by atoms with Crippen molar-refractivity contribution in [2.75, 3.05) is 13.2 Å². The quantitative estimate of drug-likeness (QED) is 0.790. The van der Waals surface area contributed by atoms with Crippen LogP contribution in [0.2, 0.25) is 0 Å². The number of hydrogen-bond acceptors (Lipinski definition) is 3. The van der Waals surface area contributed by atoms with Crippen molar-refractivity contribution in [1.29, 1.82) is 0 Å². The molecule has 0 saturated carbocycles. The van der Waals surface area contributed by atoms with Crippen molar-refractivity contribution < 1.29 is 18.6 Å². The molecule has 0 spiro atoms. The highest BCUT2D eigenvalue weighted by atomic mass is 19.3. The molecule has 0 aliphatic carbocycles. The zero-order chi connectivity index (χ0) is 13.5. The predicted octanol–water partition coefficient (Wildman–Crippen LogP) is 2.57. The Bertz CT molecular complexity index is 343. The summed E-state index contributed by atoms with van der Waals surface area (Å²) in [6.07, 6.45) is 0.